The van der Waals surface area contributed by atoms with E-state index in [2.05, 4.69) is 31.3 Å². The van der Waals surface area contributed by atoms with Crippen LogP contribution in [0.15, 0.2) is 29.1 Å². The van der Waals surface area contributed by atoms with E-state index in [0.717, 1.165) is 21.4 Å². The van der Waals surface area contributed by atoms with Gasteiger partial charge >= 0.3 is 0 Å². The van der Waals surface area contributed by atoms with Crippen LogP contribution in [0, 0.1) is 6.92 Å². The topological polar surface area (TPSA) is 63.0 Å². The van der Waals surface area contributed by atoms with Crippen LogP contribution >= 0.6 is 15.9 Å². The third-order valence-electron chi connectivity index (χ3n) is 2.62. The van der Waals surface area contributed by atoms with Crippen molar-refractivity contribution < 1.29 is 5.11 Å². The van der Waals surface area contributed by atoms with Crippen LogP contribution in [0.1, 0.15) is 17.2 Å². The van der Waals surface area contributed by atoms with Gasteiger partial charge in [0.2, 0.25) is 0 Å². The highest BCUT2D eigenvalue weighted by Crippen LogP contribution is 2.18. The molecule has 0 aliphatic heterocycles. The third kappa shape index (κ3) is 3.08. The molecule has 0 aliphatic rings. The van der Waals surface area contributed by atoms with Crippen molar-refractivity contribution in [1.82, 2.24) is 14.8 Å². The van der Waals surface area contributed by atoms with E-state index in [4.69, 9.17) is 0 Å². The predicted molar refractivity (Wildman–Crippen MR) is 73.3 cm³/mol. The second-order valence-electron chi connectivity index (χ2n) is 4.16. The summed E-state index contributed by atoms with van der Waals surface area (Å²) in [7, 11) is 1.82. The Labute approximate surface area is 114 Å². The Morgan fingerprint density at radius 1 is 1.50 bits per heavy atom. The second-order valence-corrected chi connectivity index (χ2v) is 5.08. The molecule has 18 heavy (non-hydrogen) atoms. The Morgan fingerprint density at radius 2 is 2.28 bits per heavy atom. The van der Waals surface area contributed by atoms with Crippen LogP contribution in [0.5, 0.6) is 0 Å². The molecule has 0 unspecified atom stereocenters. The number of aryl methyl sites for hydroxylation is 2. The number of aliphatic hydroxyl groups excluding tert-OH is 1. The number of hydrogen-bond donors (Lipinski definition) is 2. The molecule has 2 heterocycles. The highest BCUT2D eigenvalue weighted by Gasteiger charge is 2.10. The zero-order chi connectivity index (χ0) is 13.1. The van der Waals surface area contributed by atoms with Crippen LogP contribution in [0.4, 0.5) is 5.82 Å². The van der Waals surface area contributed by atoms with Gasteiger partial charge in [-0.15, -0.1) is 0 Å². The van der Waals surface area contributed by atoms with Crippen LogP contribution in [-0.2, 0) is 7.05 Å². The molecule has 2 rings (SSSR count). The molecule has 2 aromatic heterocycles. The Morgan fingerprint density at radius 3 is 2.89 bits per heavy atom. The maximum absolute atomic E-state index is 9.99. The number of anilines is 1. The first-order valence-corrected chi connectivity index (χ1v) is 6.38. The molecule has 0 bridgehead atoms. The SMILES string of the molecule is Cc1cc(Br)cnc1NC[C@H](O)c1cnn(C)c1. The summed E-state index contributed by atoms with van der Waals surface area (Å²) >= 11 is 3.37. The summed E-state index contributed by atoms with van der Waals surface area (Å²) in [5.41, 5.74) is 1.82. The van der Waals surface area contributed by atoms with E-state index in [1.165, 1.54) is 0 Å². The fraction of sp³-hybridized carbons (Fsp3) is 0.333. The molecule has 0 saturated carbocycles. The summed E-state index contributed by atoms with van der Waals surface area (Å²) in [4.78, 5) is 4.26. The largest absolute Gasteiger partial charge is 0.386 e. The zero-order valence-electron chi connectivity index (χ0n) is 10.3. The number of aromatic nitrogens is 3. The van der Waals surface area contributed by atoms with Gasteiger partial charge < -0.3 is 10.4 Å². The first-order valence-electron chi connectivity index (χ1n) is 5.59. The van der Waals surface area contributed by atoms with E-state index in [1.807, 2.05) is 20.0 Å². The van der Waals surface area contributed by atoms with Gasteiger partial charge in [-0.25, -0.2) is 4.98 Å². The molecule has 0 aromatic carbocycles. The van der Waals surface area contributed by atoms with Crippen molar-refractivity contribution in [1.29, 1.82) is 0 Å². The van der Waals surface area contributed by atoms with Crippen molar-refractivity contribution in [3.63, 3.8) is 0 Å². The van der Waals surface area contributed by atoms with Crippen molar-refractivity contribution in [2.45, 2.75) is 13.0 Å². The number of hydrogen-bond acceptors (Lipinski definition) is 4. The lowest BCUT2D eigenvalue weighted by molar-refractivity contribution is 0.191. The molecule has 1 atom stereocenters. The van der Waals surface area contributed by atoms with E-state index < -0.39 is 6.10 Å². The van der Waals surface area contributed by atoms with E-state index in [1.54, 1.807) is 23.3 Å². The summed E-state index contributed by atoms with van der Waals surface area (Å²) in [5.74, 6) is 0.779. The number of halogens is 1. The summed E-state index contributed by atoms with van der Waals surface area (Å²) < 4.78 is 2.61. The van der Waals surface area contributed by atoms with Gasteiger partial charge in [-0.1, -0.05) is 0 Å². The molecule has 96 valence electrons. The van der Waals surface area contributed by atoms with Crippen molar-refractivity contribution in [2.75, 3.05) is 11.9 Å². The molecule has 0 radical (unpaired) electrons. The third-order valence-corrected chi connectivity index (χ3v) is 3.05. The van der Waals surface area contributed by atoms with E-state index in [-0.39, 0.29) is 0 Å². The fourth-order valence-electron chi connectivity index (χ4n) is 1.65. The molecule has 0 saturated heterocycles. The number of pyridine rings is 1. The van der Waals surface area contributed by atoms with Gasteiger partial charge in [0.1, 0.15) is 5.82 Å². The van der Waals surface area contributed by atoms with E-state index in [0.29, 0.717) is 6.54 Å². The first-order chi connectivity index (χ1) is 8.56. The summed E-state index contributed by atoms with van der Waals surface area (Å²) in [5, 5.41) is 17.1. The quantitative estimate of drug-likeness (QED) is 0.907. The Balaban J connectivity index is 1.99. The second kappa shape index (κ2) is 5.49. The minimum Gasteiger partial charge on any atom is -0.386 e. The average Bonchev–Trinajstić information content (AvgIpc) is 2.74. The van der Waals surface area contributed by atoms with Crippen LogP contribution in [0.25, 0.3) is 0 Å². The van der Waals surface area contributed by atoms with Gasteiger partial charge in [-0.05, 0) is 34.5 Å². The molecular weight excluding hydrogens is 296 g/mol. The van der Waals surface area contributed by atoms with Crippen molar-refractivity contribution in [3.05, 3.63) is 40.3 Å². The number of nitrogens with one attached hydrogen (secondary N) is 1. The van der Waals surface area contributed by atoms with Crippen LogP contribution in [-0.4, -0.2) is 26.4 Å². The lowest BCUT2D eigenvalue weighted by atomic mass is 10.2. The number of nitrogens with zero attached hydrogens (tertiary/aromatic N) is 3. The summed E-state index contributed by atoms with van der Waals surface area (Å²) in [6.45, 7) is 2.37. The maximum Gasteiger partial charge on any atom is 0.129 e. The highest BCUT2D eigenvalue weighted by atomic mass is 79.9. The van der Waals surface area contributed by atoms with Gasteiger partial charge in [0.15, 0.2) is 0 Å². The zero-order valence-corrected chi connectivity index (χ0v) is 11.8. The molecule has 0 spiro atoms. The van der Waals surface area contributed by atoms with Crippen LogP contribution in [0.3, 0.4) is 0 Å². The monoisotopic (exact) mass is 310 g/mol. The lowest BCUT2D eigenvalue weighted by Gasteiger charge is -2.12. The molecule has 0 aliphatic carbocycles. The van der Waals surface area contributed by atoms with Crippen molar-refractivity contribution >= 4 is 21.7 Å². The van der Waals surface area contributed by atoms with Crippen molar-refractivity contribution in [3.8, 4) is 0 Å². The standard InChI is InChI=1S/C12H15BrN4O/c1-8-3-10(13)5-14-12(8)15-6-11(18)9-4-16-17(2)7-9/h3-5,7,11,18H,6H2,1-2H3,(H,14,15)/t11-/m0/s1. The van der Waals surface area contributed by atoms with Gasteiger partial charge in [0, 0.05) is 36.0 Å². The molecular formula is C12H15BrN4O. The van der Waals surface area contributed by atoms with E-state index >= 15 is 0 Å². The van der Waals surface area contributed by atoms with Gasteiger partial charge in [-0.2, -0.15) is 5.10 Å². The minimum atomic E-state index is -0.594. The van der Waals surface area contributed by atoms with Gasteiger partial charge in [0.05, 0.1) is 12.3 Å². The number of aliphatic hydroxyl groups is 1. The van der Waals surface area contributed by atoms with Crippen LogP contribution in [0.2, 0.25) is 0 Å². The molecule has 2 N–H and O–H groups in total. The normalized spacial score (nSPS) is 12.4. The smallest absolute Gasteiger partial charge is 0.129 e. The van der Waals surface area contributed by atoms with Gasteiger partial charge in [-0.3, -0.25) is 4.68 Å². The molecule has 0 amide bonds. The minimum absolute atomic E-state index is 0.404. The van der Waals surface area contributed by atoms with Crippen LogP contribution < -0.4 is 5.32 Å². The lowest BCUT2D eigenvalue weighted by Crippen LogP contribution is -2.13. The Hall–Kier alpha value is -1.40. The molecule has 5 nitrogen and oxygen atoms in total. The number of rotatable bonds is 4. The van der Waals surface area contributed by atoms with Crippen molar-refractivity contribution in [2.24, 2.45) is 7.05 Å². The summed E-state index contributed by atoms with van der Waals surface area (Å²) in [6.07, 6.45) is 4.59. The first kappa shape index (κ1) is 13.0. The summed E-state index contributed by atoms with van der Waals surface area (Å²) in [6, 6.07) is 1.98. The van der Waals surface area contributed by atoms with E-state index in [9.17, 15) is 5.11 Å². The molecule has 6 heteroatoms. The Kier molecular flexibility index (Phi) is 3.98. The fourth-order valence-corrected chi connectivity index (χ4v) is 2.09. The molecule has 0 fully saturated rings. The Bertz CT molecular complexity index is 541. The molecule has 2 aromatic rings. The van der Waals surface area contributed by atoms with Gasteiger partial charge in [0.25, 0.3) is 0 Å². The average molecular weight is 311 g/mol. The highest BCUT2D eigenvalue weighted by molar-refractivity contribution is 9.10. The maximum atomic E-state index is 9.99. The predicted octanol–water partition coefficient (Wildman–Crippen LogP) is 2.03.